The molecule has 2 aromatic carbocycles. The lowest BCUT2D eigenvalue weighted by Crippen LogP contribution is -2.22. The number of rotatable bonds is 7. The number of benzene rings is 2. The van der Waals surface area contributed by atoms with Crippen LogP contribution in [-0.4, -0.2) is 32.5 Å². The average Bonchev–Trinajstić information content (AvgIpc) is 3.17. The molecule has 4 rings (SSSR count). The van der Waals surface area contributed by atoms with Gasteiger partial charge >= 0.3 is 0 Å². The van der Waals surface area contributed by atoms with Crippen LogP contribution in [0.15, 0.2) is 53.8 Å². The smallest absolute Gasteiger partial charge is 0.237 e. The van der Waals surface area contributed by atoms with Gasteiger partial charge in [-0.25, -0.2) is 9.97 Å². The number of hydrogen-bond donors (Lipinski definition) is 2. The van der Waals surface area contributed by atoms with Crippen LogP contribution in [-0.2, 0) is 4.79 Å². The topological polar surface area (TPSA) is 92.2 Å². The number of phenolic OH excluding ortho intramolecular Hbond substituents is 1. The van der Waals surface area contributed by atoms with E-state index in [-0.39, 0.29) is 17.3 Å². The van der Waals surface area contributed by atoms with Crippen LogP contribution in [0.5, 0.6) is 5.75 Å². The number of carbonyl (C=O) groups excluding carboxylic acids is 2. The van der Waals surface area contributed by atoms with E-state index in [9.17, 15) is 14.7 Å². The number of aromatic nitrogens is 2. The number of aromatic hydroxyl groups is 1. The first-order chi connectivity index (χ1) is 16.3. The SMILES string of the molecule is Cc1sc2ncnc(SC(C)C(=O)Nc3cc(C=O)ccc3O)c2c1-c1ccc(C(C)C)cc1. The van der Waals surface area contributed by atoms with Crippen LogP contribution < -0.4 is 5.32 Å². The summed E-state index contributed by atoms with van der Waals surface area (Å²) in [5.74, 6) is 0.0564. The Morgan fingerprint density at radius 1 is 1.12 bits per heavy atom. The largest absolute Gasteiger partial charge is 0.506 e. The first-order valence-corrected chi connectivity index (χ1v) is 12.6. The van der Waals surface area contributed by atoms with Crippen LogP contribution in [0.25, 0.3) is 21.3 Å². The van der Waals surface area contributed by atoms with E-state index in [4.69, 9.17) is 0 Å². The molecule has 0 saturated heterocycles. The highest BCUT2D eigenvalue weighted by Gasteiger charge is 2.22. The van der Waals surface area contributed by atoms with Crippen molar-refractivity contribution in [2.75, 3.05) is 5.32 Å². The van der Waals surface area contributed by atoms with Crippen LogP contribution >= 0.6 is 23.1 Å². The van der Waals surface area contributed by atoms with E-state index in [1.165, 1.54) is 41.9 Å². The fourth-order valence-corrected chi connectivity index (χ4v) is 5.67. The van der Waals surface area contributed by atoms with Crippen LogP contribution in [0.1, 0.15) is 47.5 Å². The van der Waals surface area contributed by atoms with Crippen molar-refractivity contribution in [3.05, 3.63) is 64.8 Å². The number of thiophene rings is 1. The van der Waals surface area contributed by atoms with Crippen molar-refractivity contribution in [1.29, 1.82) is 0 Å². The van der Waals surface area contributed by atoms with E-state index in [2.05, 4.69) is 60.3 Å². The van der Waals surface area contributed by atoms with Crippen molar-refractivity contribution in [2.24, 2.45) is 0 Å². The quantitative estimate of drug-likeness (QED) is 0.134. The van der Waals surface area contributed by atoms with E-state index in [0.29, 0.717) is 17.8 Å². The third kappa shape index (κ3) is 4.83. The summed E-state index contributed by atoms with van der Waals surface area (Å²) in [6.45, 7) is 8.20. The summed E-state index contributed by atoms with van der Waals surface area (Å²) in [7, 11) is 0. The number of amides is 1. The molecule has 1 atom stereocenters. The molecule has 8 heteroatoms. The number of carbonyl (C=O) groups is 2. The molecule has 1 unspecified atom stereocenters. The van der Waals surface area contributed by atoms with Gasteiger partial charge in [-0.2, -0.15) is 0 Å². The summed E-state index contributed by atoms with van der Waals surface area (Å²) in [4.78, 5) is 34.9. The summed E-state index contributed by atoms with van der Waals surface area (Å²) in [5, 5.41) is 13.9. The van der Waals surface area contributed by atoms with Gasteiger partial charge in [0, 0.05) is 16.0 Å². The monoisotopic (exact) mass is 491 g/mol. The number of aldehydes is 1. The van der Waals surface area contributed by atoms with Crippen molar-refractivity contribution >= 4 is 51.2 Å². The molecule has 0 fully saturated rings. The average molecular weight is 492 g/mol. The van der Waals surface area contributed by atoms with Gasteiger partial charge in [0.05, 0.1) is 16.3 Å². The zero-order valence-corrected chi connectivity index (χ0v) is 21.0. The molecule has 2 heterocycles. The Hall–Kier alpha value is -3.23. The zero-order valence-electron chi connectivity index (χ0n) is 19.3. The maximum Gasteiger partial charge on any atom is 0.237 e. The number of fused-ring (bicyclic) bond motifs is 1. The minimum Gasteiger partial charge on any atom is -0.506 e. The van der Waals surface area contributed by atoms with Gasteiger partial charge < -0.3 is 10.4 Å². The second kappa shape index (κ2) is 9.95. The maximum atomic E-state index is 12.9. The summed E-state index contributed by atoms with van der Waals surface area (Å²) >= 11 is 2.95. The zero-order chi connectivity index (χ0) is 24.4. The van der Waals surface area contributed by atoms with Crippen molar-refractivity contribution in [2.45, 2.75) is 43.9 Å². The normalized spacial score (nSPS) is 12.1. The van der Waals surface area contributed by atoms with Gasteiger partial charge in [-0.05, 0) is 49.1 Å². The van der Waals surface area contributed by atoms with Crippen LogP contribution in [0.4, 0.5) is 5.69 Å². The fourth-order valence-electron chi connectivity index (χ4n) is 3.67. The van der Waals surface area contributed by atoms with Gasteiger partial charge in [0.15, 0.2) is 0 Å². The van der Waals surface area contributed by atoms with Gasteiger partial charge in [-0.3, -0.25) is 9.59 Å². The summed E-state index contributed by atoms with van der Waals surface area (Å²) in [6, 6.07) is 12.9. The van der Waals surface area contributed by atoms with Crippen molar-refractivity contribution in [3.8, 4) is 16.9 Å². The molecule has 34 heavy (non-hydrogen) atoms. The highest BCUT2D eigenvalue weighted by atomic mass is 32.2. The number of nitrogens with zero attached hydrogens (tertiary/aromatic N) is 2. The molecule has 4 aromatic rings. The predicted molar refractivity (Wildman–Crippen MR) is 139 cm³/mol. The molecule has 0 spiro atoms. The Morgan fingerprint density at radius 3 is 2.53 bits per heavy atom. The predicted octanol–water partition coefficient (Wildman–Crippen LogP) is 6.43. The lowest BCUT2D eigenvalue weighted by atomic mass is 9.98. The number of anilines is 1. The lowest BCUT2D eigenvalue weighted by Gasteiger charge is -2.14. The molecule has 2 N–H and O–H groups in total. The van der Waals surface area contributed by atoms with Crippen LogP contribution in [0, 0.1) is 6.92 Å². The minimum atomic E-state index is -0.506. The second-order valence-corrected chi connectivity index (χ2v) is 10.8. The van der Waals surface area contributed by atoms with Crippen molar-refractivity contribution in [1.82, 2.24) is 9.97 Å². The molecule has 0 aliphatic rings. The Bertz CT molecular complexity index is 1360. The maximum absolute atomic E-state index is 12.9. The van der Waals surface area contributed by atoms with E-state index < -0.39 is 5.25 Å². The van der Waals surface area contributed by atoms with E-state index in [0.717, 1.165) is 31.2 Å². The Morgan fingerprint density at radius 2 is 1.85 bits per heavy atom. The molecule has 0 bridgehead atoms. The fraction of sp³-hybridized carbons (Fsp3) is 0.231. The number of thioether (sulfide) groups is 1. The number of phenols is 1. The Labute approximate surface area is 206 Å². The first-order valence-electron chi connectivity index (χ1n) is 10.9. The van der Waals surface area contributed by atoms with Gasteiger partial charge in [-0.15, -0.1) is 11.3 Å². The van der Waals surface area contributed by atoms with Gasteiger partial charge in [-0.1, -0.05) is 49.9 Å². The lowest BCUT2D eigenvalue weighted by molar-refractivity contribution is -0.115. The molecule has 2 aromatic heterocycles. The first kappa shape index (κ1) is 23.9. The summed E-state index contributed by atoms with van der Waals surface area (Å²) in [5.41, 5.74) is 4.03. The highest BCUT2D eigenvalue weighted by Crippen LogP contribution is 2.42. The van der Waals surface area contributed by atoms with E-state index >= 15 is 0 Å². The van der Waals surface area contributed by atoms with E-state index in [1.54, 1.807) is 18.3 Å². The van der Waals surface area contributed by atoms with E-state index in [1.807, 2.05) is 0 Å². The van der Waals surface area contributed by atoms with Gasteiger partial charge in [0.1, 0.15) is 28.2 Å². The molecular weight excluding hydrogens is 466 g/mol. The van der Waals surface area contributed by atoms with Gasteiger partial charge in [0.2, 0.25) is 5.91 Å². The molecule has 0 aliphatic heterocycles. The number of aryl methyl sites for hydroxylation is 1. The number of hydrogen-bond acceptors (Lipinski definition) is 7. The third-order valence-corrected chi connectivity index (χ3v) is 7.68. The molecule has 1 amide bonds. The summed E-state index contributed by atoms with van der Waals surface area (Å²) < 4.78 is 0. The van der Waals surface area contributed by atoms with Crippen molar-refractivity contribution < 1.29 is 14.7 Å². The molecule has 174 valence electrons. The molecule has 0 aliphatic carbocycles. The summed E-state index contributed by atoms with van der Waals surface area (Å²) in [6.07, 6.45) is 2.19. The third-order valence-electron chi connectivity index (χ3n) is 5.57. The molecule has 0 radical (unpaired) electrons. The second-order valence-electron chi connectivity index (χ2n) is 8.31. The molecule has 0 saturated carbocycles. The standard InChI is InChI=1S/C26H25N3O3S2/c1-14(2)18-6-8-19(9-7-18)22-15(3)33-25-23(22)26(28-13-27-25)34-16(4)24(32)29-20-11-17(12-30)5-10-21(20)31/h5-14,16,31H,1-4H3,(H,29,32). The molecule has 6 nitrogen and oxygen atoms in total. The van der Waals surface area contributed by atoms with Crippen LogP contribution in [0.3, 0.4) is 0 Å². The van der Waals surface area contributed by atoms with Crippen molar-refractivity contribution in [3.63, 3.8) is 0 Å². The van der Waals surface area contributed by atoms with Crippen LogP contribution in [0.2, 0.25) is 0 Å². The van der Waals surface area contributed by atoms with Gasteiger partial charge in [0.25, 0.3) is 0 Å². The number of nitrogens with one attached hydrogen (secondary N) is 1. The highest BCUT2D eigenvalue weighted by molar-refractivity contribution is 8.00. The Kier molecular flexibility index (Phi) is 7.00. The minimum absolute atomic E-state index is 0.0961. The molecular formula is C26H25N3O3S2. The Balaban J connectivity index is 1.64.